The predicted molar refractivity (Wildman–Crippen MR) is 42.9 cm³/mol. The molecule has 80 valence electrons. The van der Waals surface area contributed by atoms with Crippen LogP contribution >= 0.6 is 15.2 Å². The number of aliphatic hydroxyl groups excluding tert-OH is 1. The van der Waals surface area contributed by atoms with Crippen LogP contribution in [-0.2, 0) is 13.7 Å². The Morgan fingerprint density at radius 1 is 1.15 bits per heavy atom. The van der Waals surface area contributed by atoms with E-state index in [2.05, 4.69) is 4.52 Å². The van der Waals surface area contributed by atoms with Crippen molar-refractivity contribution in [1.29, 1.82) is 0 Å². The van der Waals surface area contributed by atoms with E-state index < -0.39 is 34.6 Å². The van der Waals surface area contributed by atoms with E-state index in [4.69, 9.17) is 19.8 Å². The van der Waals surface area contributed by atoms with Crippen molar-refractivity contribution in [3.05, 3.63) is 0 Å². The fraction of sp³-hybridized carbons (Fsp3) is 1.00. The molecule has 0 saturated heterocycles. The number of hydrogen-bond donors (Lipinski definition) is 5. The van der Waals surface area contributed by atoms with Gasteiger partial charge >= 0.3 is 15.2 Å². The van der Waals surface area contributed by atoms with Crippen LogP contribution in [0.4, 0.5) is 0 Å². The molecule has 8 nitrogen and oxygen atoms in total. The predicted octanol–water partition coefficient (Wildman–Crippen LogP) is -1.18. The first-order valence-corrected chi connectivity index (χ1v) is 6.65. The Hall–Kier alpha value is 0.220. The Morgan fingerprint density at radius 3 is 2.08 bits per heavy atom. The zero-order chi connectivity index (χ0) is 10.5. The lowest BCUT2D eigenvalue weighted by Gasteiger charge is -2.11. The van der Waals surface area contributed by atoms with Gasteiger partial charge < -0.3 is 19.8 Å². The molecule has 0 radical (unpaired) electrons. The highest BCUT2D eigenvalue weighted by Gasteiger charge is 2.20. The van der Waals surface area contributed by atoms with Crippen molar-refractivity contribution in [2.45, 2.75) is 0 Å². The third-order valence-electron chi connectivity index (χ3n) is 0.889. The second kappa shape index (κ2) is 5.19. The van der Waals surface area contributed by atoms with E-state index in [1.165, 1.54) is 0 Å². The van der Waals surface area contributed by atoms with Gasteiger partial charge in [-0.1, -0.05) is 0 Å². The molecule has 0 amide bonds. The monoisotopic (exact) mass is 235 g/mol. The zero-order valence-electron chi connectivity index (χ0n) is 6.53. The fourth-order valence-corrected chi connectivity index (χ4v) is 1.72. The molecule has 13 heavy (non-hydrogen) atoms. The SMILES string of the molecule is O=P(O)(O)CNCP(=O)(O)OCO. The van der Waals surface area contributed by atoms with Gasteiger partial charge in [0.05, 0.1) is 12.6 Å². The Kier molecular flexibility index (Phi) is 5.28. The molecule has 0 aromatic heterocycles. The van der Waals surface area contributed by atoms with Crippen molar-refractivity contribution in [3.8, 4) is 0 Å². The first kappa shape index (κ1) is 13.2. The molecule has 0 heterocycles. The normalized spacial score (nSPS) is 16.9. The van der Waals surface area contributed by atoms with Gasteiger partial charge in [0.2, 0.25) is 0 Å². The highest BCUT2D eigenvalue weighted by molar-refractivity contribution is 7.53. The molecule has 0 spiro atoms. The van der Waals surface area contributed by atoms with Gasteiger partial charge in [-0.3, -0.25) is 19.0 Å². The molecule has 0 fully saturated rings. The third kappa shape index (κ3) is 8.55. The summed E-state index contributed by atoms with van der Waals surface area (Å²) in [6, 6.07) is 0. The van der Waals surface area contributed by atoms with E-state index in [-0.39, 0.29) is 0 Å². The largest absolute Gasteiger partial charge is 0.370 e. The summed E-state index contributed by atoms with van der Waals surface area (Å²) in [6.07, 6.45) is -1.34. The first-order valence-electron chi connectivity index (χ1n) is 3.09. The smallest absolute Gasteiger partial charge is 0.343 e. The molecular formula is C3H11NO7P2. The van der Waals surface area contributed by atoms with Crippen LogP contribution < -0.4 is 5.32 Å². The topological polar surface area (TPSA) is 136 Å². The van der Waals surface area contributed by atoms with Gasteiger partial charge in [0.1, 0.15) is 0 Å². The molecular weight excluding hydrogens is 224 g/mol. The standard InChI is InChI=1S/C3H11NO7P2/c5-3-11-13(9,10)2-4-1-12(6,7)8/h4-5H,1-3H2,(H,9,10)(H2,6,7,8). The number of rotatable bonds is 6. The average Bonchev–Trinajstić information content (AvgIpc) is 1.82. The van der Waals surface area contributed by atoms with Crippen molar-refractivity contribution in [1.82, 2.24) is 5.32 Å². The highest BCUT2D eigenvalue weighted by atomic mass is 31.2. The van der Waals surface area contributed by atoms with Gasteiger partial charge in [0, 0.05) is 0 Å². The number of nitrogens with one attached hydrogen (secondary N) is 1. The maximum absolute atomic E-state index is 10.8. The molecule has 0 aliphatic rings. The van der Waals surface area contributed by atoms with Crippen LogP contribution in [0.3, 0.4) is 0 Å². The summed E-state index contributed by atoms with van der Waals surface area (Å²) < 4.78 is 25.0. The first-order chi connectivity index (χ1) is 5.77. The Bertz CT molecular complexity index is 236. The van der Waals surface area contributed by atoms with Gasteiger partial charge in [0.15, 0.2) is 6.79 Å². The highest BCUT2D eigenvalue weighted by Crippen LogP contribution is 2.41. The molecule has 0 aliphatic heterocycles. The summed E-state index contributed by atoms with van der Waals surface area (Å²) in [7, 11) is -8.22. The van der Waals surface area contributed by atoms with Crippen molar-refractivity contribution >= 4 is 15.2 Å². The van der Waals surface area contributed by atoms with Gasteiger partial charge in [-0.05, 0) is 0 Å². The maximum Gasteiger partial charge on any atom is 0.343 e. The molecule has 0 rings (SSSR count). The second-order valence-corrected chi connectivity index (χ2v) is 5.62. The Balaban J connectivity index is 3.77. The van der Waals surface area contributed by atoms with E-state index in [9.17, 15) is 9.13 Å². The van der Waals surface area contributed by atoms with E-state index in [1.807, 2.05) is 5.32 Å². The molecule has 0 aromatic rings. The summed E-state index contributed by atoms with van der Waals surface area (Å²) in [5, 5.41) is 10.2. The fourth-order valence-electron chi connectivity index (χ4n) is 0.473. The minimum absolute atomic E-state index is 0.626. The second-order valence-electron chi connectivity index (χ2n) is 2.13. The molecule has 0 aromatic carbocycles. The lowest BCUT2D eigenvalue weighted by atomic mass is 11.2. The Morgan fingerprint density at radius 2 is 1.69 bits per heavy atom. The summed E-state index contributed by atoms with van der Waals surface area (Å²) in [4.78, 5) is 25.4. The molecule has 0 saturated carbocycles. The zero-order valence-corrected chi connectivity index (χ0v) is 8.32. The van der Waals surface area contributed by atoms with Crippen LogP contribution in [0.15, 0.2) is 0 Å². The van der Waals surface area contributed by atoms with E-state index in [0.29, 0.717) is 0 Å². The minimum atomic E-state index is -4.23. The van der Waals surface area contributed by atoms with E-state index in [1.54, 1.807) is 0 Å². The summed E-state index contributed by atoms with van der Waals surface area (Å²) >= 11 is 0. The van der Waals surface area contributed by atoms with Crippen LogP contribution in [0.2, 0.25) is 0 Å². The van der Waals surface area contributed by atoms with E-state index in [0.717, 1.165) is 0 Å². The molecule has 1 atom stereocenters. The maximum atomic E-state index is 10.8. The summed E-state index contributed by atoms with van der Waals surface area (Å²) in [5.74, 6) is 0. The van der Waals surface area contributed by atoms with Crippen LogP contribution in [0.5, 0.6) is 0 Å². The van der Waals surface area contributed by atoms with Crippen molar-refractivity contribution in [2.75, 3.05) is 19.4 Å². The quantitative estimate of drug-likeness (QED) is 0.286. The molecule has 10 heteroatoms. The minimum Gasteiger partial charge on any atom is -0.370 e. The molecule has 5 N–H and O–H groups in total. The van der Waals surface area contributed by atoms with Crippen molar-refractivity contribution in [2.24, 2.45) is 0 Å². The number of hydrogen-bond acceptors (Lipinski definition) is 5. The summed E-state index contributed by atoms with van der Waals surface area (Å²) in [6.45, 7) is -0.925. The lowest BCUT2D eigenvalue weighted by molar-refractivity contribution is 0.0861. The van der Waals surface area contributed by atoms with Gasteiger partial charge in [-0.25, -0.2) is 0 Å². The number of aliphatic hydroxyl groups is 1. The van der Waals surface area contributed by atoms with Crippen LogP contribution in [0.25, 0.3) is 0 Å². The lowest BCUT2D eigenvalue weighted by Crippen LogP contribution is -2.18. The van der Waals surface area contributed by atoms with E-state index >= 15 is 0 Å². The molecule has 0 bridgehead atoms. The van der Waals surface area contributed by atoms with Gasteiger partial charge in [-0.15, -0.1) is 0 Å². The van der Waals surface area contributed by atoms with Crippen molar-refractivity contribution < 1.29 is 33.4 Å². The van der Waals surface area contributed by atoms with Gasteiger partial charge in [-0.2, -0.15) is 0 Å². The molecule has 1 unspecified atom stereocenters. The summed E-state index contributed by atoms with van der Waals surface area (Å²) in [5.41, 5.74) is 0. The third-order valence-corrected chi connectivity index (χ3v) is 2.67. The molecule has 0 aliphatic carbocycles. The van der Waals surface area contributed by atoms with Crippen molar-refractivity contribution in [3.63, 3.8) is 0 Å². The van der Waals surface area contributed by atoms with Gasteiger partial charge in [0.25, 0.3) is 0 Å². The van der Waals surface area contributed by atoms with Crippen LogP contribution in [0, 0.1) is 0 Å². The average molecular weight is 235 g/mol. The van der Waals surface area contributed by atoms with Crippen LogP contribution in [0.1, 0.15) is 0 Å². The Labute approximate surface area is 74.2 Å². The van der Waals surface area contributed by atoms with Crippen LogP contribution in [-0.4, -0.2) is 39.2 Å².